The van der Waals surface area contributed by atoms with Crippen molar-refractivity contribution in [3.05, 3.63) is 22.7 Å². The molecule has 2 nitrogen and oxygen atoms in total. The molecule has 0 heterocycles. The van der Waals surface area contributed by atoms with Gasteiger partial charge in [0.2, 0.25) is 0 Å². The maximum Gasteiger partial charge on any atom is 0.0656 e. The lowest BCUT2D eigenvalue weighted by atomic mass is 9.97. The minimum Gasteiger partial charge on any atom is -0.398 e. The molecule has 0 amide bonds. The van der Waals surface area contributed by atoms with Crippen LogP contribution in [-0.2, 0) is 0 Å². The van der Waals surface area contributed by atoms with Crippen molar-refractivity contribution in [3.63, 3.8) is 0 Å². The molecule has 1 fully saturated rings. The van der Waals surface area contributed by atoms with Crippen molar-refractivity contribution in [2.24, 2.45) is 11.8 Å². The van der Waals surface area contributed by atoms with Crippen LogP contribution in [0, 0.1) is 18.8 Å². The first kappa shape index (κ1) is 12.6. The van der Waals surface area contributed by atoms with Gasteiger partial charge in [0, 0.05) is 11.7 Å². The minimum atomic E-state index is 0.559. The van der Waals surface area contributed by atoms with Crippen molar-refractivity contribution in [2.75, 3.05) is 11.1 Å². The van der Waals surface area contributed by atoms with Crippen molar-refractivity contribution < 1.29 is 0 Å². The van der Waals surface area contributed by atoms with Gasteiger partial charge in [-0.2, -0.15) is 0 Å². The van der Waals surface area contributed by atoms with Gasteiger partial charge < -0.3 is 11.1 Å². The Bertz CT molecular complexity index is 417. The van der Waals surface area contributed by atoms with E-state index in [1.54, 1.807) is 0 Å². The summed E-state index contributed by atoms with van der Waals surface area (Å²) in [6.07, 6.45) is 2.55. The Morgan fingerprint density at radius 1 is 1.29 bits per heavy atom. The molecule has 2 rings (SSSR count). The van der Waals surface area contributed by atoms with Crippen LogP contribution in [0.3, 0.4) is 0 Å². The van der Waals surface area contributed by atoms with Crippen LogP contribution < -0.4 is 11.1 Å². The summed E-state index contributed by atoms with van der Waals surface area (Å²) in [5.41, 5.74) is 8.73. The molecule has 3 atom stereocenters. The van der Waals surface area contributed by atoms with E-state index in [1.165, 1.54) is 18.4 Å². The van der Waals surface area contributed by atoms with Gasteiger partial charge in [-0.3, -0.25) is 0 Å². The van der Waals surface area contributed by atoms with E-state index in [9.17, 15) is 0 Å². The summed E-state index contributed by atoms with van der Waals surface area (Å²) in [5, 5.41) is 4.25. The highest BCUT2D eigenvalue weighted by atomic mass is 35.5. The molecule has 3 unspecified atom stereocenters. The molecule has 1 aliphatic carbocycles. The zero-order valence-corrected chi connectivity index (χ0v) is 11.5. The summed E-state index contributed by atoms with van der Waals surface area (Å²) in [4.78, 5) is 0. The summed E-state index contributed by atoms with van der Waals surface area (Å²) in [6.45, 7) is 6.72. The van der Waals surface area contributed by atoms with Gasteiger partial charge in [0.15, 0.2) is 0 Å². The average molecular weight is 253 g/mol. The van der Waals surface area contributed by atoms with Gasteiger partial charge in [-0.25, -0.2) is 0 Å². The predicted octanol–water partition coefficient (Wildman–Crippen LogP) is 4.08. The number of nitrogens with two attached hydrogens (primary N) is 1. The highest BCUT2D eigenvalue weighted by molar-refractivity contribution is 6.33. The Kier molecular flexibility index (Phi) is 3.53. The SMILES string of the molecule is Cc1cc(N)c(Cl)cc1NC1CCC(C)C1C. The minimum absolute atomic E-state index is 0.559. The summed E-state index contributed by atoms with van der Waals surface area (Å²) in [7, 11) is 0. The van der Waals surface area contributed by atoms with Gasteiger partial charge in [-0.05, 0) is 49.3 Å². The van der Waals surface area contributed by atoms with E-state index in [-0.39, 0.29) is 0 Å². The third-order valence-corrected chi connectivity index (χ3v) is 4.48. The van der Waals surface area contributed by atoms with Crippen LogP contribution in [0.4, 0.5) is 11.4 Å². The van der Waals surface area contributed by atoms with Gasteiger partial charge in [0.05, 0.1) is 10.7 Å². The van der Waals surface area contributed by atoms with Crippen LogP contribution in [0.1, 0.15) is 32.3 Å². The topological polar surface area (TPSA) is 38.0 Å². The summed E-state index contributed by atoms with van der Waals surface area (Å²) in [6, 6.07) is 4.44. The fraction of sp³-hybridized carbons (Fsp3) is 0.571. The fourth-order valence-electron chi connectivity index (χ4n) is 2.63. The Balaban J connectivity index is 2.16. The monoisotopic (exact) mass is 252 g/mol. The second-order valence-electron chi connectivity index (χ2n) is 5.35. The first-order chi connectivity index (χ1) is 7.99. The molecule has 0 aliphatic heterocycles. The average Bonchev–Trinajstić information content (AvgIpc) is 2.58. The molecule has 0 aromatic heterocycles. The number of anilines is 2. The molecule has 1 aliphatic rings. The van der Waals surface area contributed by atoms with Gasteiger partial charge in [0.25, 0.3) is 0 Å². The standard InChI is InChI=1S/C14H21ClN2/c1-8-4-5-13(10(8)3)17-14-7-11(15)12(16)6-9(14)2/h6-8,10,13,17H,4-5,16H2,1-3H3. The van der Waals surface area contributed by atoms with E-state index in [0.717, 1.165) is 11.6 Å². The first-order valence-electron chi connectivity index (χ1n) is 6.31. The van der Waals surface area contributed by atoms with Crippen molar-refractivity contribution in [1.29, 1.82) is 0 Å². The number of aryl methyl sites for hydroxylation is 1. The molecule has 3 N–H and O–H groups in total. The van der Waals surface area contributed by atoms with Gasteiger partial charge in [0.1, 0.15) is 0 Å². The quantitative estimate of drug-likeness (QED) is 0.779. The molecular formula is C14H21ClN2. The van der Waals surface area contributed by atoms with E-state index in [0.29, 0.717) is 22.7 Å². The molecule has 94 valence electrons. The zero-order valence-electron chi connectivity index (χ0n) is 10.8. The van der Waals surface area contributed by atoms with Crippen LogP contribution in [-0.4, -0.2) is 6.04 Å². The second kappa shape index (κ2) is 4.77. The Hall–Kier alpha value is -0.890. The third-order valence-electron chi connectivity index (χ3n) is 4.15. The summed E-state index contributed by atoms with van der Waals surface area (Å²) < 4.78 is 0. The summed E-state index contributed by atoms with van der Waals surface area (Å²) in [5.74, 6) is 1.52. The number of benzene rings is 1. The molecule has 0 bridgehead atoms. The maximum absolute atomic E-state index is 6.07. The van der Waals surface area contributed by atoms with Crippen LogP contribution in [0.5, 0.6) is 0 Å². The van der Waals surface area contributed by atoms with E-state index in [1.807, 2.05) is 12.1 Å². The Morgan fingerprint density at radius 3 is 2.59 bits per heavy atom. The van der Waals surface area contributed by atoms with E-state index in [4.69, 9.17) is 17.3 Å². The van der Waals surface area contributed by atoms with Crippen molar-refractivity contribution in [3.8, 4) is 0 Å². The number of halogens is 1. The molecular weight excluding hydrogens is 232 g/mol. The lowest BCUT2D eigenvalue weighted by Crippen LogP contribution is -2.24. The number of rotatable bonds is 2. The smallest absolute Gasteiger partial charge is 0.0656 e. The Morgan fingerprint density at radius 2 is 2.00 bits per heavy atom. The third kappa shape index (κ3) is 2.52. The van der Waals surface area contributed by atoms with Crippen LogP contribution in [0.15, 0.2) is 12.1 Å². The molecule has 1 aromatic carbocycles. The van der Waals surface area contributed by atoms with Gasteiger partial charge in [-0.15, -0.1) is 0 Å². The van der Waals surface area contributed by atoms with Crippen molar-refractivity contribution in [2.45, 2.75) is 39.7 Å². The number of hydrogen-bond donors (Lipinski definition) is 2. The predicted molar refractivity (Wildman–Crippen MR) is 75.6 cm³/mol. The van der Waals surface area contributed by atoms with Crippen LogP contribution >= 0.6 is 11.6 Å². The molecule has 0 saturated heterocycles. The highest BCUT2D eigenvalue weighted by Crippen LogP contribution is 2.35. The largest absolute Gasteiger partial charge is 0.398 e. The van der Waals surface area contributed by atoms with Crippen molar-refractivity contribution >= 4 is 23.0 Å². The molecule has 17 heavy (non-hydrogen) atoms. The Labute approximate surface area is 109 Å². The van der Waals surface area contributed by atoms with E-state index in [2.05, 4.69) is 26.1 Å². The number of nitrogens with one attached hydrogen (secondary N) is 1. The second-order valence-corrected chi connectivity index (χ2v) is 5.76. The molecule has 1 saturated carbocycles. The molecule has 1 aromatic rings. The summed E-state index contributed by atoms with van der Waals surface area (Å²) >= 11 is 6.07. The normalized spacial score (nSPS) is 28.4. The number of hydrogen-bond acceptors (Lipinski definition) is 2. The lowest BCUT2D eigenvalue weighted by molar-refractivity contribution is 0.435. The fourth-order valence-corrected chi connectivity index (χ4v) is 2.79. The van der Waals surface area contributed by atoms with Gasteiger partial charge >= 0.3 is 0 Å². The molecule has 0 spiro atoms. The first-order valence-corrected chi connectivity index (χ1v) is 6.69. The zero-order chi connectivity index (χ0) is 12.6. The molecule has 0 radical (unpaired) electrons. The van der Waals surface area contributed by atoms with E-state index >= 15 is 0 Å². The van der Waals surface area contributed by atoms with Gasteiger partial charge in [-0.1, -0.05) is 25.4 Å². The lowest BCUT2D eigenvalue weighted by Gasteiger charge is -2.22. The van der Waals surface area contributed by atoms with Crippen molar-refractivity contribution in [1.82, 2.24) is 0 Å². The van der Waals surface area contributed by atoms with Crippen LogP contribution in [0.2, 0.25) is 5.02 Å². The number of nitrogen functional groups attached to an aromatic ring is 1. The maximum atomic E-state index is 6.07. The van der Waals surface area contributed by atoms with Crippen LogP contribution in [0.25, 0.3) is 0 Å². The molecule has 3 heteroatoms. The van der Waals surface area contributed by atoms with E-state index < -0.39 is 0 Å². The highest BCUT2D eigenvalue weighted by Gasteiger charge is 2.29.